The van der Waals surface area contributed by atoms with E-state index >= 15 is 0 Å². The lowest BCUT2D eigenvalue weighted by Gasteiger charge is -2.32. The van der Waals surface area contributed by atoms with Crippen molar-refractivity contribution < 1.29 is 46.7 Å². The van der Waals surface area contributed by atoms with E-state index < -0.39 is 64.3 Å². The molecule has 0 aromatic heterocycles. The van der Waals surface area contributed by atoms with Crippen LogP contribution < -0.4 is 5.32 Å². The zero-order valence-corrected chi connectivity index (χ0v) is 21.6. The molecule has 0 bridgehead atoms. The third-order valence-corrected chi connectivity index (χ3v) is 6.52. The Labute approximate surface area is 230 Å². The van der Waals surface area contributed by atoms with E-state index in [0.29, 0.717) is 0 Å². The fourth-order valence-electron chi connectivity index (χ4n) is 4.71. The van der Waals surface area contributed by atoms with Crippen molar-refractivity contribution in [3.05, 3.63) is 97.9 Å². The van der Waals surface area contributed by atoms with Crippen molar-refractivity contribution >= 4 is 29.4 Å². The zero-order valence-electron chi connectivity index (χ0n) is 21.6. The number of non-ortho nitro benzene ring substituents is 1. The van der Waals surface area contributed by atoms with Gasteiger partial charge in [-0.3, -0.25) is 24.6 Å². The summed E-state index contributed by atoms with van der Waals surface area (Å²) in [5.74, 6) is -5.36. The van der Waals surface area contributed by atoms with E-state index in [1.54, 1.807) is 12.1 Å². The third-order valence-electron chi connectivity index (χ3n) is 6.52. The highest BCUT2D eigenvalue weighted by atomic mass is 19.4. The molecule has 2 aromatic carbocycles. The number of dihydropyridines is 1. The van der Waals surface area contributed by atoms with Crippen molar-refractivity contribution in [1.82, 2.24) is 10.2 Å². The van der Waals surface area contributed by atoms with Crippen molar-refractivity contribution in [2.45, 2.75) is 25.4 Å². The van der Waals surface area contributed by atoms with Gasteiger partial charge in [-0.15, -0.1) is 0 Å². The van der Waals surface area contributed by atoms with Crippen LogP contribution in [0.3, 0.4) is 0 Å². The molecule has 2 aromatic rings. The SMILES string of the molecule is COC(=O)C1=C(C)NC(C(F)(F)F)=C(C(=O)OCCCN2C(=O)c3ccccc3C2=O)C1c1cccc([N+](=O)[O-])c1. The fourth-order valence-corrected chi connectivity index (χ4v) is 4.71. The Bertz CT molecular complexity index is 1490. The number of rotatable bonds is 8. The van der Waals surface area contributed by atoms with Gasteiger partial charge in [-0.25, -0.2) is 9.59 Å². The molecule has 41 heavy (non-hydrogen) atoms. The third kappa shape index (κ3) is 5.53. The summed E-state index contributed by atoms with van der Waals surface area (Å²) in [6.07, 6.45) is -5.21. The average molecular weight is 573 g/mol. The van der Waals surface area contributed by atoms with Gasteiger partial charge in [0.25, 0.3) is 17.5 Å². The van der Waals surface area contributed by atoms with Crippen LogP contribution in [0.1, 0.15) is 45.5 Å². The van der Waals surface area contributed by atoms with Gasteiger partial charge >= 0.3 is 18.1 Å². The second-order valence-corrected chi connectivity index (χ2v) is 9.02. The molecule has 2 aliphatic rings. The molecule has 4 rings (SSSR count). The van der Waals surface area contributed by atoms with Gasteiger partial charge in [-0.1, -0.05) is 24.3 Å². The Kier molecular flexibility index (Phi) is 7.94. The standard InChI is InChI=1S/C27H22F3N3O8/c1-14-19(25(36)40-2)20(15-7-5-8-16(13-15)33(38)39)21(22(31-14)27(28,29)30)26(37)41-12-6-11-32-23(34)17-9-3-4-10-18(17)24(32)35/h3-5,7-10,13,20,31H,6,11-12H2,1-2H3. The van der Waals surface area contributed by atoms with E-state index in [1.807, 2.05) is 5.32 Å². The topological polar surface area (TPSA) is 145 Å². The molecule has 214 valence electrons. The van der Waals surface area contributed by atoms with Gasteiger partial charge in [-0.05, 0) is 31.0 Å². The average Bonchev–Trinajstić information content (AvgIpc) is 3.18. The molecule has 14 heteroatoms. The van der Waals surface area contributed by atoms with Gasteiger partial charge in [0, 0.05) is 24.4 Å². The monoisotopic (exact) mass is 573 g/mol. The largest absolute Gasteiger partial charge is 0.466 e. The van der Waals surface area contributed by atoms with Crippen LogP contribution >= 0.6 is 0 Å². The Morgan fingerprint density at radius 2 is 1.66 bits per heavy atom. The number of carbonyl (C=O) groups excluding carboxylic acids is 4. The maximum absolute atomic E-state index is 14.2. The van der Waals surface area contributed by atoms with Gasteiger partial charge < -0.3 is 14.8 Å². The first-order chi connectivity index (χ1) is 19.4. The zero-order chi connectivity index (χ0) is 30.1. The Balaban J connectivity index is 1.63. The molecule has 0 saturated heterocycles. The summed E-state index contributed by atoms with van der Waals surface area (Å²) in [5, 5.41) is 13.4. The van der Waals surface area contributed by atoms with Crippen LogP contribution in [0.2, 0.25) is 0 Å². The summed E-state index contributed by atoms with van der Waals surface area (Å²) in [7, 11) is 0.993. The number of carbonyl (C=O) groups is 4. The predicted octanol–water partition coefficient (Wildman–Crippen LogP) is 3.77. The highest BCUT2D eigenvalue weighted by Crippen LogP contribution is 2.44. The van der Waals surface area contributed by atoms with Crippen molar-refractivity contribution in [3.63, 3.8) is 0 Å². The van der Waals surface area contributed by atoms with Gasteiger partial charge in [-0.2, -0.15) is 13.2 Å². The summed E-state index contributed by atoms with van der Waals surface area (Å²) in [5.41, 5.74) is -3.39. The number of methoxy groups -OCH3 is 1. The summed E-state index contributed by atoms with van der Waals surface area (Å²) in [6, 6.07) is 10.7. The molecule has 0 spiro atoms. The highest BCUT2D eigenvalue weighted by Gasteiger charge is 2.47. The minimum Gasteiger partial charge on any atom is -0.466 e. The first-order valence-corrected chi connectivity index (χ1v) is 12.1. The van der Waals surface area contributed by atoms with Crippen molar-refractivity contribution in [2.24, 2.45) is 0 Å². The van der Waals surface area contributed by atoms with Crippen LogP contribution in [0.15, 0.2) is 71.1 Å². The number of nitro groups is 1. The quantitative estimate of drug-likeness (QED) is 0.164. The van der Waals surface area contributed by atoms with E-state index in [4.69, 9.17) is 9.47 Å². The number of imide groups is 1. The first-order valence-electron chi connectivity index (χ1n) is 12.1. The molecule has 0 fully saturated rings. The van der Waals surface area contributed by atoms with Crippen molar-refractivity contribution in [2.75, 3.05) is 20.3 Å². The second kappa shape index (κ2) is 11.2. The van der Waals surface area contributed by atoms with Gasteiger partial charge in [0.15, 0.2) is 0 Å². The Morgan fingerprint density at radius 1 is 1.02 bits per heavy atom. The number of halogens is 3. The molecule has 11 nitrogen and oxygen atoms in total. The molecule has 1 N–H and O–H groups in total. The lowest BCUT2D eigenvalue weighted by atomic mass is 9.80. The van der Waals surface area contributed by atoms with Gasteiger partial charge in [0.2, 0.25) is 0 Å². The highest BCUT2D eigenvalue weighted by molar-refractivity contribution is 6.21. The minimum atomic E-state index is -5.11. The van der Waals surface area contributed by atoms with Crippen molar-refractivity contribution in [1.29, 1.82) is 0 Å². The summed E-state index contributed by atoms with van der Waals surface area (Å²) >= 11 is 0. The summed E-state index contributed by atoms with van der Waals surface area (Å²) < 4.78 is 52.4. The van der Waals surface area contributed by atoms with E-state index in [2.05, 4.69) is 0 Å². The number of esters is 2. The Morgan fingerprint density at radius 3 is 2.22 bits per heavy atom. The number of nitrogens with zero attached hydrogens (tertiary/aromatic N) is 2. The molecule has 0 aliphatic carbocycles. The van der Waals surface area contributed by atoms with E-state index in [1.165, 1.54) is 31.2 Å². The number of allylic oxidation sites excluding steroid dienone is 2. The Hall–Kier alpha value is -5.01. The molecule has 2 aliphatic heterocycles. The van der Waals surface area contributed by atoms with Gasteiger partial charge in [0.05, 0.1) is 46.8 Å². The van der Waals surface area contributed by atoms with E-state index in [-0.39, 0.29) is 40.9 Å². The molecule has 1 unspecified atom stereocenters. The van der Waals surface area contributed by atoms with Crippen LogP contribution in [0.5, 0.6) is 0 Å². The minimum absolute atomic E-state index is 0.0977. The number of ether oxygens (including phenoxy) is 2. The lowest BCUT2D eigenvalue weighted by Crippen LogP contribution is -2.38. The number of nitro benzene ring substituents is 1. The second-order valence-electron chi connectivity index (χ2n) is 9.02. The van der Waals surface area contributed by atoms with Crippen LogP contribution in [0, 0.1) is 10.1 Å². The molecule has 0 saturated carbocycles. The number of nitrogens with one attached hydrogen (secondary N) is 1. The maximum atomic E-state index is 14.2. The predicted molar refractivity (Wildman–Crippen MR) is 134 cm³/mol. The van der Waals surface area contributed by atoms with Crippen LogP contribution in [0.4, 0.5) is 18.9 Å². The number of fused-ring (bicyclic) bond motifs is 1. The number of alkyl halides is 3. The van der Waals surface area contributed by atoms with E-state index in [9.17, 15) is 42.5 Å². The number of hydrogen-bond acceptors (Lipinski definition) is 9. The fraction of sp³-hybridized carbons (Fsp3) is 0.259. The van der Waals surface area contributed by atoms with E-state index in [0.717, 1.165) is 24.1 Å². The molecule has 0 radical (unpaired) electrons. The summed E-state index contributed by atoms with van der Waals surface area (Å²) in [4.78, 5) is 62.5. The number of amides is 2. The smallest absolute Gasteiger partial charge is 0.431 e. The lowest BCUT2D eigenvalue weighted by molar-refractivity contribution is -0.384. The van der Waals surface area contributed by atoms with Crippen molar-refractivity contribution in [3.8, 4) is 0 Å². The normalized spacial score (nSPS) is 16.9. The molecular formula is C27H22F3N3O8. The molecule has 1 atom stereocenters. The maximum Gasteiger partial charge on any atom is 0.431 e. The van der Waals surface area contributed by atoms with Crippen LogP contribution in [-0.4, -0.2) is 60.0 Å². The molecule has 2 heterocycles. The van der Waals surface area contributed by atoms with Crippen LogP contribution in [0.25, 0.3) is 0 Å². The van der Waals surface area contributed by atoms with Crippen LogP contribution in [-0.2, 0) is 19.1 Å². The first kappa shape index (κ1) is 29.0. The van der Waals surface area contributed by atoms with Gasteiger partial charge in [0.1, 0.15) is 5.70 Å². The number of hydrogen-bond donors (Lipinski definition) is 1. The summed E-state index contributed by atoms with van der Waals surface area (Å²) in [6.45, 7) is 0.509. The number of benzene rings is 2. The molecule has 2 amide bonds. The molecular weight excluding hydrogens is 551 g/mol.